The van der Waals surface area contributed by atoms with Crippen LogP contribution in [0.4, 0.5) is 0 Å². The Morgan fingerprint density at radius 1 is 1.04 bits per heavy atom. The van der Waals surface area contributed by atoms with Gasteiger partial charge in [-0.25, -0.2) is 0 Å². The smallest absolute Gasteiger partial charge is 0.123 e. The summed E-state index contributed by atoms with van der Waals surface area (Å²) < 4.78 is 5.81. The van der Waals surface area contributed by atoms with Crippen LogP contribution in [0.3, 0.4) is 0 Å². The molecule has 3 rings (SSSR count). The Kier molecular flexibility index (Phi) is 7.87. The molecule has 1 heterocycles. The molecule has 0 saturated heterocycles. The van der Waals surface area contributed by atoms with Crippen molar-refractivity contribution in [1.29, 1.82) is 0 Å². The van der Waals surface area contributed by atoms with Crippen LogP contribution in [0.25, 0.3) is 0 Å². The minimum absolute atomic E-state index is 0.526. The largest absolute Gasteiger partial charge is 0.489 e. The molecule has 0 saturated carbocycles. The topological polar surface area (TPSA) is 22.1 Å². The van der Waals surface area contributed by atoms with E-state index in [0.29, 0.717) is 12.5 Å². The predicted octanol–water partition coefficient (Wildman–Crippen LogP) is 6.19. The molecule has 0 spiro atoms. The Morgan fingerprint density at radius 3 is 2.71 bits per heavy atom. The van der Waals surface area contributed by atoms with Gasteiger partial charge in [0.25, 0.3) is 0 Å². The van der Waals surface area contributed by atoms with Crippen LogP contribution in [-0.4, -0.2) is 11.6 Å². The summed E-state index contributed by atoms with van der Waals surface area (Å²) in [5, 5.41) is 0. The molecule has 28 heavy (non-hydrogen) atoms. The Balaban J connectivity index is 1.64. The summed E-state index contributed by atoms with van der Waals surface area (Å²) in [5.74, 6) is 1.46. The van der Waals surface area contributed by atoms with Gasteiger partial charge in [0.05, 0.1) is 0 Å². The lowest BCUT2D eigenvalue weighted by atomic mass is 9.87. The zero-order valence-electron chi connectivity index (χ0n) is 16.4. The standard InChI is InChI=1S/C26H28NO/c1-2-20-28-26-16-7-6-14-25(26)18-17-24(23-12-4-3-5-13-23)15-8-10-22-11-9-19-27-21-22/h2-6,9,11-14,16,19,21,24H,1,8,10,15,17-18,20H2. The van der Waals surface area contributed by atoms with Crippen LogP contribution in [0.2, 0.25) is 0 Å². The van der Waals surface area contributed by atoms with Gasteiger partial charge in [-0.15, -0.1) is 0 Å². The quantitative estimate of drug-likeness (QED) is 0.376. The van der Waals surface area contributed by atoms with Gasteiger partial charge in [0.1, 0.15) is 12.4 Å². The second-order valence-electron chi connectivity index (χ2n) is 7.03. The van der Waals surface area contributed by atoms with Crippen LogP contribution in [-0.2, 0) is 12.8 Å². The highest BCUT2D eigenvalue weighted by atomic mass is 16.5. The fraction of sp³-hybridized carbons (Fsp3) is 0.269. The predicted molar refractivity (Wildman–Crippen MR) is 116 cm³/mol. The van der Waals surface area contributed by atoms with Crippen molar-refractivity contribution in [2.75, 3.05) is 6.61 Å². The van der Waals surface area contributed by atoms with Gasteiger partial charge < -0.3 is 4.74 Å². The first-order valence-electron chi connectivity index (χ1n) is 10.0. The fourth-order valence-electron chi connectivity index (χ4n) is 3.57. The molecule has 0 aliphatic carbocycles. The average molecular weight is 371 g/mol. The minimum atomic E-state index is 0.526. The van der Waals surface area contributed by atoms with Gasteiger partial charge in [0, 0.05) is 12.4 Å². The third-order valence-electron chi connectivity index (χ3n) is 5.04. The zero-order chi connectivity index (χ0) is 19.4. The number of pyridine rings is 1. The van der Waals surface area contributed by atoms with Crippen LogP contribution in [0.15, 0.2) is 85.7 Å². The van der Waals surface area contributed by atoms with Gasteiger partial charge in [-0.2, -0.15) is 0 Å². The van der Waals surface area contributed by atoms with Gasteiger partial charge in [0.2, 0.25) is 0 Å². The van der Waals surface area contributed by atoms with E-state index in [2.05, 4.69) is 60.1 Å². The molecule has 2 aromatic carbocycles. The Labute approximate surface area is 168 Å². The molecule has 0 N–H and O–H groups in total. The molecular formula is C26H28NO. The molecule has 3 aromatic rings. The van der Waals surface area contributed by atoms with Gasteiger partial charge >= 0.3 is 0 Å². The molecule has 1 unspecified atom stereocenters. The molecule has 0 bridgehead atoms. The van der Waals surface area contributed by atoms with Crippen molar-refractivity contribution < 1.29 is 4.74 Å². The summed E-state index contributed by atoms with van der Waals surface area (Å²) in [6.07, 6.45) is 11.1. The first-order valence-corrected chi connectivity index (χ1v) is 10.0. The van der Waals surface area contributed by atoms with E-state index in [1.54, 1.807) is 6.08 Å². The Bertz CT molecular complexity index is 829. The van der Waals surface area contributed by atoms with Crippen LogP contribution in [0.1, 0.15) is 41.9 Å². The first kappa shape index (κ1) is 19.9. The van der Waals surface area contributed by atoms with E-state index in [-0.39, 0.29) is 0 Å². The number of benzene rings is 2. The second kappa shape index (κ2) is 11.1. The molecule has 2 nitrogen and oxygen atoms in total. The average Bonchev–Trinajstić information content (AvgIpc) is 2.76. The van der Waals surface area contributed by atoms with E-state index in [9.17, 15) is 0 Å². The number of rotatable bonds is 11. The van der Waals surface area contributed by atoms with Crippen molar-refractivity contribution in [1.82, 2.24) is 4.98 Å². The fourth-order valence-corrected chi connectivity index (χ4v) is 3.57. The number of ether oxygens (including phenoxy) is 1. The van der Waals surface area contributed by atoms with E-state index < -0.39 is 0 Å². The van der Waals surface area contributed by atoms with Crippen molar-refractivity contribution >= 4 is 0 Å². The number of aryl methyl sites for hydroxylation is 2. The van der Waals surface area contributed by atoms with Crippen molar-refractivity contribution in [3.8, 4) is 5.75 Å². The van der Waals surface area contributed by atoms with E-state index in [0.717, 1.165) is 31.4 Å². The van der Waals surface area contributed by atoms with Crippen molar-refractivity contribution in [3.05, 3.63) is 108 Å². The van der Waals surface area contributed by atoms with Crippen molar-refractivity contribution in [3.63, 3.8) is 0 Å². The Morgan fingerprint density at radius 2 is 1.93 bits per heavy atom. The lowest BCUT2D eigenvalue weighted by molar-refractivity contribution is 0.358. The molecule has 0 aliphatic heterocycles. The zero-order valence-corrected chi connectivity index (χ0v) is 16.4. The number of hydrogen-bond acceptors (Lipinski definition) is 2. The lowest BCUT2D eigenvalue weighted by Crippen LogP contribution is -2.04. The molecule has 0 amide bonds. The van der Waals surface area contributed by atoms with E-state index >= 15 is 0 Å². The molecule has 143 valence electrons. The number of nitrogens with zero attached hydrogens (tertiary/aromatic N) is 1. The van der Waals surface area contributed by atoms with E-state index in [4.69, 9.17) is 4.74 Å². The molecule has 0 fully saturated rings. The van der Waals surface area contributed by atoms with Crippen LogP contribution in [0.5, 0.6) is 5.75 Å². The maximum absolute atomic E-state index is 5.81. The summed E-state index contributed by atoms with van der Waals surface area (Å²) in [7, 11) is 0. The van der Waals surface area contributed by atoms with Crippen LogP contribution < -0.4 is 4.74 Å². The van der Waals surface area contributed by atoms with E-state index in [1.165, 1.54) is 23.1 Å². The third-order valence-corrected chi connectivity index (χ3v) is 5.04. The highest BCUT2D eigenvalue weighted by Crippen LogP contribution is 2.29. The molecule has 1 radical (unpaired) electrons. The number of aromatic nitrogens is 1. The normalized spacial score (nSPS) is 11.7. The molecule has 1 atom stereocenters. The summed E-state index contributed by atoms with van der Waals surface area (Å²) in [4.78, 5) is 4.23. The summed E-state index contributed by atoms with van der Waals surface area (Å²) >= 11 is 0. The highest BCUT2D eigenvalue weighted by molar-refractivity contribution is 5.33. The maximum atomic E-state index is 5.81. The van der Waals surface area contributed by atoms with Crippen molar-refractivity contribution in [2.24, 2.45) is 0 Å². The first-order chi connectivity index (χ1) is 13.9. The summed E-state index contributed by atoms with van der Waals surface area (Å²) in [5.41, 5.74) is 3.98. The lowest BCUT2D eigenvalue weighted by Gasteiger charge is -2.18. The minimum Gasteiger partial charge on any atom is -0.489 e. The third kappa shape index (κ3) is 6.09. The van der Waals surface area contributed by atoms with Gasteiger partial charge in [-0.1, -0.05) is 61.2 Å². The number of hydrogen-bond donors (Lipinski definition) is 0. The van der Waals surface area contributed by atoms with Gasteiger partial charge in [0.15, 0.2) is 0 Å². The van der Waals surface area contributed by atoms with Crippen LogP contribution >= 0.6 is 0 Å². The maximum Gasteiger partial charge on any atom is 0.123 e. The Hall–Kier alpha value is -2.87. The molecular weight excluding hydrogens is 342 g/mol. The molecule has 0 aliphatic rings. The van der Waals surface area contributed by atoms with Crippen molar-refractivity contribution in [2.45, 2.75) is 38.0 Å². The molecule has 2 heteroatoms. The van der Waals surface area contributed by atoms with E-state index in [1.807, 2.05) is 30.6 Å². The second-order valence-corrected chi connectivity index (χ2v) is 7.03. The summed E-state index contributed by atoms with van der Waals surface area (Å²) in [6.45, 7) is 4.26. The summed E-state index contributed by atoms with van der Waals surface area (Å²) in [6, 6.07) is 24.2. The highest BCUT2D eigenvalue weighted by Gasteiger charge is 2.13. The monoisotopic (exact) mass is 370 g/mol. The SMILES string of the molecule is C=CCOc1c[c]ccc1CCC(CCCc1cccnc1)c1ccccc1. The molecule has 1 aromatic heterocycles. The van der Waals surface area contributed by atoms with Crippen LogP contribution in [0, 0.1) is 6.07 Å². The van der Waals surface area contributed by atoms with Gasteiger partial charge in [-0.05, 0) is 72.9 Å². The van der Waals surface area contributed by atoms with Gasteiger partial charge in [-0.3, -0.25) is 4.98 Å².